The molecular formula is C18H34O5. The van der Waals surface area contributed by atoms with Crippen LogP contribution in [0.3, 0.4) is 0 Å². The molecule has 0 aromatic heterocycles. The maximum absolute atomic E-state index is 9.76. The molecule has 1 heterocycles. The fourth-order valence-corrected chi connectivity index (χ4v) is 2.73. The van der Waals surface area contributed by atoms with Crippen LogP contribution in [0.25, 0.3) is 0 Å². The first-order chi connectivity index (χ1) is 11.2. The Balaban J connectivity index is 2.02. The fraction of sp³-hybridized carbons (Fsp3) is 0.889. The van der Waals surface area contributed by atoms with Crippen LogP contribution in [0, 0.1) is 0 Å². The van der Waals surface area contributed by atoms with Gasteiger partial charge in [-0.3, -0.25) is 0 Å². The van der Waals surface area contributed by atoms with Crippen molar-refractivity contribution in [3.8, 4) is 0 Å². The van der Waals surface area contributed by atoms with Gasteiger partial charge in [0.2, 0.25) is 0 Å². The lowest BCUT2D eigenvalue weighted by molar-refractivity contribution is -0.101. The summed E-state index contributed by atoms with van der Waals surface area (Å²) >= 11 is 0. The van der Waals surface area contributed by atoms with Gasteiger partial charge in [-0.25, -0.2) is 0 Å². The van der Waals surface area contributed by atoms with E-state index < -0.39 is 24.4 Å². The summed E-state index contributed by atoms with van der Waals surface area (Å²) in [5.74, 6) is 0. The van der Waals surface area contributed by atoms with E-state index in [1.165, 1.54) is 32.1 Å². The maximum Gasteiger partial charge on any atom is 0.114 e. The van der Waals surface area contributed by atoms with Gasteiger partial charge in [-0.15, -0.1) is 0 Å². The minimum absolute atomic E-state index is 0.0920. The van der Waals surface area contributed by atoms with Crippen molar-refractivity contribution in [2.24, 2.45) is 0 Å². The summed E-state index contributed by atoms with van der Waals surface area (Å²) in [5, 5.41) is 28.6. The lowest BCUT2D eigenvalue weighted by Crippen LogP contribution is -2.42. The first-order valence-corrected chi connectivity index (χ1v) is 9.05. The lowest BCUT2D eigenvalue weighted by Gasteiger charge is -2.24. The second-order valence-corrected chi connectivity index (χ2v) is 6.26. The van der Waals surface area contributed by atoms with Crippen LogP contribution in [0.15, 0.2) is 12.2 Å². The van der Waals surface area contributed by atoms with Gasteiger partial charge in [0.25, 0.3) is 0 Å². The van der Waals surface area contributed by atoms with E-state index >= 15 is 0 Å². The topological polar surface area (TPSA) is 79.2 Å². The zero-order valence-electron chi connectivity index (χ0n) is 14.4. The van der Waals surface area contributed by atoms with Crippen LogP contribution < -0.4 is 0 Å². The Morgan fingerprint density at radius 2 is 1.78 bits per heavy atom. The second kappa shape index (κ2) is 12.9. The van der Waals surface area contributed by atoms with E-state index in [2.05, 4.69) is 19.1 Å². The van der Waals surface area contributed by atoms with Crippen LogP contribution in [0.5, 0.6) is 0 Å². The fourth-order valence-electron chi connectivity index (χ4n) is 2.73. The summed E-state index contributed by atoms with van der Waals surface area (Å²) in [6.45, 7) is 2.63. The van der Waals surface area contributed by atoms with Gasteiger partial charge in [-0.2, -0.15) is 0 Å². The zero-order valence-corrected chi connectivity index (χ0v) is 14.4. The van der Waals surface area contributed by atoms with Crippen LogP contribution in [0.4, 0.5) is 0 Å². The molecule has 0 amide bonds. The molecule has 5 nitrogen and oxygen atoms in total. The molecule has 1 saturated heterocycles. The molecule has 1 fully saturated rings. The highest BCUT2D eigenvalue weighted by Gasteiger charge is 2.40. The quantitative estimate of drug-likeness (QED) is 0.356. The Kier molecular flexibility index (Phi) is 11.5. The summed E-state index contributed by atoms with van der Waals surface area (Å²) < 4.78 is 10.9. The number of aliphatic hydroxyl groups is 3. The summed E-state index contributed by atoms with van der Waals surface area (Å²) in [6.07, 6.45) is 10.8. The zero-order chi connectivity index (χ0) is 16.9. The standard InChI is InChI=1S/C18H34O5/c1-2-3-4-5-6-7-8-9-10-11-12-22-16(13-19)18-17(21)15(20)14-23-18/h7-8,15-21H,2-6,9-14H2,1H3/b8-7+/t15-,16+,17+,18+/m1/s1. The molecule has 4 atom stereocenters. The third-order valence-electron chi connectivity index (χ3n) is 4.22. The average molecular weight is 330 g/mol. The molecule has 0 aromatic carbocycles. The van der Waals surface area contributed by atoms with Gasteiger partial charge in [0.05, 0.1) is 13.2 Å². The van der Waals surface area contributed by atoms with Crippen LogP contribution >= 0.6 is 0 Å². The predicted octanol–water partition coefficient (Wildman–Crippen LogP) is 2.18. The highest BCUT2D eigenvalue weighted by molar-refractivity contribution is 4.88. The van der Waals surface area contributed by atoms with Crippen LogP contribution in [0.1, 0.15) is 58.3 Å². The number of aliphatic hydroxyl groups excluding tert-OH is 3. The van der Waals surface area contributed by atoms with E-state index in [0.717, 1.165) is 19.3 Å². The molecule has 0 saturated carbocycles. The Morgan fingerprint density at radius 1 is 1.09 bits per heavy atom. The minimum atomic E-state index is -0.984. The van der Waals surface area contributed by atoms with Crippen molar-refractivity contribution in [2.75, 3.05) is 19.8 Å². The van der Waals surface area contributed by atoms with Crippen molar-refractivity contribution in [3.63, 3.8) is 0 Å². The Bertz CT molecular complexity index is 308. The van der Waals surface area contributed by atoms with E-state index in [0.29, 0.717) is 6.61 Å². The van der Waals surface area contributed by atoms with Crippen molar-refractivity contribution in [1.29, 1.82) is 0 Å². The second-order valence-electron chi connectivity index (χ2n) is 6.26. The third kappa shape index (κ3) is 8.27. The molecule has 1 rings (SSSR count). The monoisotopic (exact) mass is 330 g/mol. The maximum atomic E-state index is 9.76. The Labute approximate surface area is 140 Å². The molecule has 5 heteroatoms. The van der Waals surface area contributed by atoms with E-state index in [-0.39, 0.29) is 13.2 Å². The molecule has 23 heavy (non-hydrogen) atoms. The van der Waals surface area contributed by atoms with Crippen molar-refractivity contribution < 1.29 is 24.8 Å². The van der Waals surface area contributed by atoms with Crippen LogP contribution in [-0.2, 0) is 9.47 Å². The van der Waals surface area contributed by atoms with E-state index in [4.69, 9.17) is 9.47 Å². The summed E-state index contributed by atoms with van der Waals surface area (Å²) in [5.41, 5.74) is 0. The molecule has 0 aromatic rings. The minimum Gasteiger partial charge on any atom is -0.394 e. The van der Waals surface area contributed by atoms with Gasteiger partial charge >= 0.3 is 0 Å². The van der Waals surface area contributed by atoms with Gasteiger partial charge in [0.1, 0.15) is 24.4 Å². The molecule has 3 N–H and O–H groups in total. The van der Waals surface area contributed by atoms with Gasteiger partial charge in [-0.05, 0) is 32.1 Å². The largest absolute Gasteiger partial charge is 0.394 e. The summed E-state index contributed by atoms with van der Waals surface area (Å²) in [4.78, 5) is 0. The number of allylic oxidation sites excluding steroid dienone is 2. The predicted molar refractivity (Wildman–Crippen MR) is 90.3 cm³/mol. The number of hydrogen-bond acceptors (Lipinski definition) is 5. The van der Waals surface area contributed by atoms with Crippen LogP contribution in [-0.4, -0.2) is 59.6 Å². The molecule has 1 aliphatic rings. The summed E-state index contributed by atoms with van der Waals surface area (Å²) in [7, 11) is 0. The summed E-state index contributed by atoms with van der Waals surface area (Å²) in [6, 6.07) is 0. The highest BCUT2D eigenvalue weighted by Crippen LogP contribution is 2.19. The molecule has 136 valence electrons. The number of unbranched alkanes of at least 4 members (excludes halogenated alkanes) is 6. The molecule has 0 spiro atoms. The van der Waals surface area contributed by atoms with Crippen molar-refractivity contribution in [3.05, 3.63) is 12.2 Å². The average Bonchev–Trinajstić information content (AvgIpc) is 2.88. The smallest absolute Gasteiger partial charge is 0.114 e. The van der Waals surface area contributed by atoms with Gasteiger partial charge < -0.3 is 24.8 Å². The molecular weight excluding hydrogens is 296 g/mol. The SMILES string of the molecule is CCCCCC/C=C/CCCCO[C@@H](CO)[C@@H]1OC[C@@H](O)[C@@H]1O. The molecule has 0 radical (unpaired) electrons. The van der Waals surface area contributed by atoms with Gasteiger partial charge in [0.15, 0.2) is 0 Å². The third-order valence-corrected chi connectivity index (χ3v) is 4.22. The van der Waals surface area contributed by atoms with Crippen LogP contribution in [0.2, 0.25) is 0 Å². The number of rotatable bonds is 13. The molecule has 1 aliphatic heterocycles. The van der Waals surface area contributed by atoms with Gasteiger partial charge in [-0.1, -0.05) is 38.3 Å². The van der Waals surface area contributed by atoms with Crippen molar-refractivity contribution >= 4 is 0 Å². The van der Waals surface area contributed by atoms with Crippen molar-refractivity contribution in [2.45, 2.75) is 82.7 Å². The van der Waals surface area contributed by atoms with Crippen molar-refractivity contribution in [1.82, 2.24) is 0 Å². The van der Waals surface area contributed by atoms with E-state index in [1.807, 2.05) is 0 Å². The van der Waals surface area contributed by atoms with Gasteiger partial charge in [0, 0.05) is 6.61 Å². The first-order valence-electron chi connectivity index (χ1n) is 9.05. The lowest BCUT2D eigenvalue weighted by atomic mass is 10.1. The Hall–Kier alpha value is -0.460. The molecule has 0 bridgehead atoms. The normalized spacial score (nSPS) is 26.2. The molecule has 0 aliphatic carbocycles. The van der Waals surface area contributed by atoms with E-state index in [9.17, 15) is 15.3 Å². The molecule has 0 unspecified atom stereocenters. The van der Waals surface area contributed by atoms with E-state index in [1.54, 1.807) is 0 Å². The first kappa shape index (κ1) is 20.6. The number of ether oxygens (including phenoxy) is 2. The highest BCUT2D eigenvalue weighted by atomic mass is 16.6. The number of hydrogen-bond donors (Lipinski definition) is 3. The Morgan fingerprint density at radius 3 is 2.35 bits per heavy atom.